The van der Waals surface area contributed by atoms with Gasteiger partial charge in [-0.2, -0.15) is 5.10 Å². The van der Waals surface area contributed by atoms with Crippen LogP contribution >= 0.6 is 0 Å². The molecule has 3 rings (SSSR count). The number of benzene rings is 2. The van der Waals surface area contributed by atoms with E-state index in [2.05, 4.69) is 26.2 Å². The summed E-state index contributed by atoms with van der Waals surface area (Å²) in [5.74, 6) is -0.366. The number of hydrogen-bond donors (Lipinski definition) is 3. The van der Waals surface area contributed by atoms with Gasteiger partial charge in [-0.25, -0.2) is 10.1 Å². The second kappa shape index (κ2) is 8.58. The predicted octanol–water partition coefficient (Wildman–Crippen LogP) is 1.76. The van der Waals surface area contributed by atoms with Gasteiger partial charge in [-0.3, -0.25) is 9.59 Å². The fraction of sp³-hybridized carbons (Fsp3) is 0.105. The Labute approximate surface area is 160 Å². The van der Waals surface area contributed by atoms with E-state index in [4.69, 9.17) is 0 Å². The summed E-state index contributed by atoms with van der Waals surface area (Å²) in [5, 5.41) is 23.8. The number of carbonyl (C=O) groups excluding carboxylic acids is 2. The third-order valence-corrected chi connectivity index (χ3v) is 3.62. The van der Waals surface area contributed by atoms with Crippen molar-refractivity contribution in [1.82, 2.24) is 20.4 Å². The van der Waals surface area contributed by atoms with E-state index in [-0.39, 0.29) is 24.1 Å². The molecule has 0 radical (unpaired) electrons. The van der Waals surface area contributed by atoms with E-state index in [0.717, 1.165) is 11.1 Å². The molecule has 0 aliphatic rings. The van der Waals surface area contributed by atoms with Crippen molar-refractivity contribution in [3.05, 3.63) is 60.3 Å². The summed E-state index contributed by atoms with van der Waals surface area (Å²) in [6.45, 7) is 1.39. The van der Waals surface area contributed by atoms with Crippen LogP contribution in [0.4, 0.5) is 5.69 Å². The zero-order chi connectivity index (χ0) is 19.9. The second-order valence-electron chi connectivity index (χ2n) is 5.95. The van der Waals surface area contributed by atoms with E-state index in [1.54, 1.807) is 36.5 Å². The highest BCUT2D eigenvalue weighted by Gasteiger charge is 2.08. The van der Waals surface area contributed by atoms with E-state index >= 15 is 0 Å². The van der Waals surface area contributed by atoms with Crippen molar-refractivity contribution in [2.75, 3.05) is 5.32 Å². The SMILES string of the molecule is CC(=O)Nc1cccc(-c2cn(CC(=O)NN=Cc3ccc(O)cc3)nn2)c1. The van der Waals surface area contributed by atoms with Crippen molar-refractivity contribution in [3.8, 4) is 17.0 Å². The number of aromatic hydroxyl groups is 1. The number of hydrazone groups is 1. The molecule has 28 heavy (non-hydrogen) atoms. The Bertz CT molecular complexity index is 1010. The normalized spacial score (nSPS) is 10.8. The van der Waals surface area contributed by atoms with Crippen LogP contribution in [-0.4, -0.2) is 38.1 Å². The standard InChI is InChI=1S/C19H18N6O3/c1-13(26)21-16-4-2-3-15(9-16)18-11-25(24-22-18)12-19(28)23-20-10-14-5-7-17(27)8-6-14/h2-11,27H,12H2,1H3,(H,21,26)(H,23,28). The summed E-state index contributed by atoms with van der Waals surface area (Å²) in [6.07, 6.45) is 3.10. The quantitative estimate of drug-likeness (QED) is 0.446. The van der Waals surface area contributed by atoms with Crippen molar-refractivity contribution >= 4 is 23.7 Å². The Morgan fingerprint density at radius 2 is 2.00 bits per heavy atom. The molecule has 0 saturated heterocycles. The Balaban J connectivity index is 1.59. The first-order chi connectivity index (χ1) is 13.5. The summed E-state index contributed by atoms with van der Waals surface area (Å²) in [6, 6.07) is 13.6. The minimum atomic E-state index is -0.363. The maximum Gasteiger partial charge on any atom is 0.261 e. The van der Waals surface area contributed by atoms with Crippen LogP contribution in [0.1, 0.15) is 12.5 Å². The Morgan fingerprint density at radius 3 is 2.75 bits per heavy atom. The fourth-order valence-corrected chi connectivity index (χ4v) is 2.39. The molecule has 3 N–H and O–H groups in total. The second-order valence-corrected chi connectivity index (χ2v) is 5.95. The smallest absolute Gasteiger partial charge is 0.261 e. The topological polar surface area (TPSA) is 122 Å². The van der Waals surface area contributed by atoms with E-state index in [9.17, 15) is 14.7 Å². The van der Waals surface area contributed by atoms with Crippen molar-refractivity contribution in [1.29, 1.82) is 0 Å². The Hall–Kier alpha value is -4.01. The van der Waals surface area contributed by atoms with E-state index in [1.807, 2.05) is 6.07 Å². The summed E-state index contributed by atoms with van der Waals surface area (Å²) in [5.41, 5.74) is 5.14. The summed E-state index contributed by atoms with van der Waals surface area (Å²) in [4.78, 5) is 23.1. The lowest BCUT2D eigenvalue weighted by molar-refractivity contribution is -0.121. The molecule has 9 nitrogen and oxygen atoms in total. The van der Waals surface area contributed by atoms with Crippen LogP contribution in [0.25, 0.3) is 11.3 Å². The average Bonchev–Trinajstić information content (AvgIpc) is 3.11. The van der Waals surface area contributed by atoms with Gasteiger partial charge in [0, 0.05) is 18.2 Å². The van der Waals surface area contributed by atoms with Crippen LogP contribution in [0.3, 0.4) is 0 Å². The van der Waals surface area contributed by atoms with Gasteiger partial charge in [0.25, 0.3) is 5.91 Å². The molecule has 0 unspecified atom stereocenters. The maximum atomic E-state index is 12.0. The van der Waals surface area contributed by atoms with Gasteiger partial charge in [-0.15, -0.1) is 5.10 Å². The van der Waals surface area contributed by atoms with E-state index in [1.165, 1.54) is 30.0 Å². The van der Waals surface area contributed by atoms with Gasteiger partial charge in [0.05, 0.1) is 12.4 Å². The molecular weight excluding hydrogens is 360 g/mol. The highest BCUT2D eigenvalue weighted by Crippen LogP contribution is 2.20. The third-order valence-electron chi connectivity index (χ3n) is 3.62. The van der Waals surface area contributed by atoms with Gasteiger partial charge in [0.1, 0.15) is 18.0 Å². The van der Waals surface area contributed by atoms with Crippen LogP contribution in [0, 0.1) is 0 Å². The number of hydrogen-bond acceptors (Lipinski definition) is 6. The van der Waals surface area contributed by atoms with Crippen molar-refractivity contribution in [3.63, 3.8) is 0 Å². The number of carbonyl (C=O) groups is 2. The molecule has 0 bridgehead atoms. The van der Waals surface area contributed by atoms with Gasteiger partial charge >= 0.3 is 0 Å². The lowest BCUT2D eigenvalue weighted by atomic mass is 10.1. The molecule has 0 atom stereocenters. The number of aromatic nitrogens is 3. The van der Waals surface area contributed by atoms with Gasteiger partial charge in [0.2, 0.25) is 5.91 Å². The molecular formula is C19H18N6O3. The fourth-order valence-electron chi connectivity index (χ4n) is 2.39. The molecule has 0 aliphatic carbocycles. The zero-order valence-electron chi connectivity index (χ0n) is 15.0. The molecule has 2 amide bonds. The van der Waals surface area contributed by atoms with Crippen LogP contribution in [0.2, 0.25) is 0 Å². The number of phenolic OH excluding ortho intramolecular Hbond substituents is 1. The van der Waals surface area contributed by atoms with Gasteiger partial charge < -0.3 is 10.4 Å². The Morgan fingerprint density at radius 1 is 1.21 bits per heavy atom. The van der Waals surface area contributed by atoms with Crippen LogP contribution < -0.4 is 10.7 Å². The van der Waals surface area contributed by atoms with Crippen LogP contribution in [0.15, 0.2) is 59.8 Å². The van der Waals surface area contributed by atoms with Crippen molar-refractivity contribution < 1.29 is 14.7 Å². The lowest BCUT2D eigenvalue weighted by Crippen LogP contribution is -2.23. The molecule has 0 saturated carbocycles. The summed E-state index contributed by atoms with van der Waals surface area (Å²) >= 11 is 0. The van der Waals surface area contributed by atoms with Crippen LogP contribution in [-0.2, 0) is 16.1 Å². The van der Waals surface area contributed by atoms with Gasteiger partial charge in [0.15, 0.2) is 0 Å². The lowest BCUT2D eigenvalue weighted by Gasteiger charge is -2.03. The molecule has 142 valence electrons. The highest BCUT2D eigenvalue weighted by molar-refractivity contribution is 5.89. The minimum absolute atomic E-state index is 0.0503. The minimum Gasteiger partial charge on any atom is -0.508 e. The maximum absolute atomic E-state index is 12.0. The Kier molecular flexibility index (Phi) is 5.75. The third kappa shape index (κ3) is 5.24. The molecule has 1 aromatic heterocycles. The first kappa shape index (κ1) is 18.8. The number of nitrogens with one attached hydrogen (secondary N) is 2. The molecule has 2 aromatic carbocycles. The predicted molar refractivity (Wildman–Crippen MR) is 104 cm³/mol. The first-order valence-electron chi connectivity index (χ1n) is 8.39. The molecule has 0 fully saturated rings. The molecule has 0 aliphatic heterocycles. The number of nitrogens with zero attached hydrogens (tertiary/aromatic N) is 4. The highest BCUT2D eigenvalue weighted by atomic mass is 16.3. The number of amides is 2. The van der Waals surface area contributed by atoms with Gasteiger partial charge in [-0.1, -0.05) is 17.3 Å². The number of rotatable bonds is 6. The average molecular weight is 378 g/mol. The van der Waals surface area contributed by atoms with E-state index in [0.29, 0.717) is 11.4 Å². The zero-order valence-corrected chi connectivity index (χ0v) is 15.0. The summed E-state index contributed by atoms with van der Waals surface area (Å²) < 4.78 is 1.39. The monoisotopic (exact) mass is 378 g/mol. The van der Waals surface area contributed by atoms with E-state index < -0.39 is 0 Å². The van der Waals surface area contributed by atoms with Crippen LogP contribution in [0.5, 0.6) is 5.75 Å². The molecule has 9 heteroatoms. The van der Waals surface area contributed by atoms with Crippen molar-refractivity contribution in [2.24, 2.45) is 5.10 Å². The first-order valence-corrected chi connectivity index (χ1v) is 8.39. The molecule has 3 aromatic rings. The largest absolute Gasteiger partial charge is 0.508 e. The number of phenols is 1. The van der Waals surface area contributed by atoms with Crippen molar-refractivity contribution in [2.45, 2.75) is 13.5 Å². The molecule has 0 spiro atoms. The summed E-state index contributed by atoms with van der Waals surface area (Å²) in [7, 11) is 0. The molecule has 1 heterocycles. The number of anilines is 1. The van der Waals surface area contributed by atoms with Gasteiger partial charge in [-0.05, 0) is 42.0 Å².